The van der Waals surface area contributed by atoms with Crippen molar-refractivity contribution in [2.24, 2.45) is 7.05 Å². The molecule has 184 valence electrons. The van der Waals surface area contributed by atoms with Crippen LogP contribution in [0.4, 0.5) is 5.69 Å². The molecule has 4 aromatic rings. The predicted molar refractivity (Wildman–Crippen MR) is 139 cm³/mol. The van der Waals surface area contributed by atoms with E-state index < -0.39 is 0 Å². The van der Waals surface area contributed by atoms with E-state index in [4.69, 9.17) is 4.98 Å². The lowest BCUT2D eigenvalue weighted by molar-refractivity contribution is 0.119. The first-order valence-corrected chi connectivity index (χ1v) is 12.2. The molecule has 3 atom stereocenters. The fourth-order valence-corrected chi connectivity index (χ4v) is 5.27. The van der Waals surface area contributed by atoms with Gasteiger partial charge in [-0.2, -0.15) is 0 Å². The lowest BCUT2D eigenvalue weighted by atomic mass is 10.00. The van der Waals surface area contributed by atoms with E-state index in [0.717, 1.165) is 47.7 Å². The first kappa shape index (κ1) is 23.4. The van der Waals surface area contributed by atoms with E-state index in [9.17, 15) is 4.79 Å². The van der Waals surface area contributed by atoms with Crippen molar-refractivity contribution in [1.29, 1.82) is 0 Å². The summed E-state index contributed by atoms with van der Waals surface area (Å²) in [5.74, 6) is 0. The number of fused-ring (bicyclic) bond motifs is 2. The van der Waals surface area contributed by atoms with Gasteiger partial charge in [0.2, 0.25) is 0 Å². The van der Waals surface area contributed by atoms with Crippen LogP contribution in [-0.2, 0) is 13.6 Å². The molecule has 0 spiro atoms. The Balaban J connectivity index is 1.44. The molecule has 1 aliphatic heterocycles. The molecule has 1 unspecified atom stereocenters. The van der Waals surface area contributed by atoms with E-state index >= 15 is 0 Å². The maximum atomic E-state index is 12.8. The molecule has 5 rings (SSSR count). The molecule has 3 aromatic heterocycles. The normalized spacial score (nSPS) is 20.3. The minimum atomic E-state index is -0.0331. The van der Waals surface area contributed by atoms with Crippen molar-refractivity contribution in [3.63, 3.8) is 0 Å². The Kier molecular flexibility index (Phi) is 6.06. The molecule has 1 aromatic carbocycles. The van der Waals surface area contributed by atoms with Crippen LogP contribution in [0.1, 0.15) is 38.1 Å². The van der Waals surface area contributed by atoms with Gasteiger partial charge in [-0.05, 0) is 52.6 Å². The molecule has 4 heterocycles. The maximum absolute atomic E-state index is 12.8. The van der Waals surface area contributed by atoms with Crippen LogP contribution in [0.2, 0.25) is 0 Å². The molecule has 0 saturated carbocycles. The van der Waals surface area contributed by atoms with E-state index in [0.29, 0.717) is 6.04 Å². The Hall–Kier alpha value is -3.30. The molecular formula is C26H34N8O. The van der Waals surface area contributed by atoms with Crippen molar-refractivity contribution in [3.05, 3.63) is 64.5 Å². The zero-order chi connectivity index (χ0) is 24.9. The van der Waals surface area contributed by atoms with Gasteiger partial charge in [0.15, 0.2) is 5.65 Å². The lowest BCUT2D eigenvalue weighted by Crippen LogP contribution is -2.57. The molecule has 1 fully saturated rings. The van der Waals surface area contributed by atoms with Gasteiger partial charge in [-0.1, -0.05) is 6.07 Å². The average Bonchev–Trinajstić information content (AvgIpc) is 3.25. The second-order valence-electron chi connectivity index (χ2n) is 10.1. The minimum Gasteiger partial charge on any atom is -0.363 e. The number of piperazine rings is 1. The van der Waals surface area contributed by atoms with E-state index in [1.54, 1.807) is 30.2 Å². The topological polar surface area (TPSA) is 74.8 Å². The first-order chi connectivity index (χ1) is 16.7. The molecule has 0 aliphatic carbocycles. The fraction of sp³-hybridized carbons (Fsp3) is 0.462. The van der Waals surface area contributed by atoms with Gasteiger partial charge >= 0.3 is 0 Å². The Bertz CT molecular complexity index is 1420. The Labute approximate surface area is 205 Å². The Morgan fingerprint density at radius 1 is 1.06 bits per heavy atom. The van der Waals surface area contributed by atoms with Crippen LogP contribution in [0.25, 0.3) is 16.7 Å². The second-order valence-corrected chi connectivity index (χ2v) is 10.1. The van der Waals surface area contributed by atoms with Gasteiger partial charge < -0.3 is 9.80 Å². The summed E-state index contributed by atoms with van der Waals surface area (Å²) >= 11 is 0. The number of hydrogen-bond acceptors (Lipinski definition) is 7. The van der Waals surface area contributed by atoms with Crippen LogP contribution in [-0.4, -0.2) is 73.2 Å². The number of anilines is 1. The highest BCUT2D eigenvalue weighted by atomic mass is 16.1. The average molecular weight is 475 g/mol. The Morgan fingerprint density at radius 2 is 1.80 bits per heavy atom. The second kappa shape index (κ2) is 9.05. The summed E-state index contributed by atoms with van der Waals surface area (Å²) in [6, 6.07) is 8.86. The van der Waals surface area contributed by atoms with Crippen molar-refractivity contribution in [1.82, 2.24) is 33.9 Å². The van der Waals surface area contributed by atoms with E-state index in [2.05, 4.69) is 63.6 Å². The van der Waals surface area contributed by atoms with Crippen molar-refractivity contribution >= 4 is 22.4 Å². The van der Waals surface area contributed by atoms with Crippen molar-refractivity contribution in [2.45, 2.75) is 45.4 Å². The molecule has 0 bridgehead atoms. The zero-order valence-corrected chi connectivity index (χ0v) is 21.4. The lowest BCUT2D eigenvalue weighted by Gasteiger charge is -2.47. The smallest absolute Gasteiger partial charge is 0.267 e. The fourth-order valence-electron chi connectivity index (χ4n) is 5.27. The molecule has 1 saturated heterocycles. The van der Waals surface area contributed by atoms with Gasteiger partial charge in [0.05, 0.1) is 28.6 Å². The van der Waals surface area contributed by atoms with Crippen LogP contribution in [0.15, 0.2) is 47.7 Å². The summed E-state index contributed by atoms with van der Waals surface area (Å²) in [5.41, 5.74) is 5.73. The molecule has 35 heavy (non-hydrogen) atoms. The van der Waals surface area contributed by atoms with Crippen LogP contribution in [0, 0.1) is 0 Å². The van der Waals surface area contributed by atoms with Crippen molar-refractivity contribution in [3.8, 4) is 0 Å². The molecule has 9 nitrogen and oxygen atoms in total. The van der Waals surface area contributed by atoms with Crippen LogP contribution in [0.3, 0.4) is 0 Å². The number of aromatic nitrogens is 5. The highest BCUT2D eigenvalue weighted by Gasteiger charge is 2.34. The molecular weight excluding hydrogens is 440 g/mol. The number of imidazole rings is 1. The quantitative estimate of drug-likeness (QED) is 0.440. The predicted octanol–water partition coefficient (Wildman–Crippen LogP) is 2.70. The first-order valence-electron chi connectivity index (χ1n) is 12.2. The number of rotatable bonds is 5. The molecule has 9 heteroatoms. The summed E-state index contributed by atoms with van der Waals surface area (Å²) < 4.78 is 3.51. The minimum absolute atomic E-state index is 0.0331. The van der Waals surface area contributed by atoms with Crippen LogP contribution >= 0.6 is 0 Å². The summed E-state index contributed by atoms with van der Waals surface area (Å²) in [4.78, 5) is 33.6. The van der Waals surface area contributed by atoms with Gasteiger partial charge in [-0.25, -0.2) is 14.2 Å². The standard InChI is InChI=1S/C26H34N8O/c1-17-14-33(24-12-25(35)31(6)34-16-21(15-30(4)5)29-26(24)34)18(2)13-32(17)19(3)20-7-8-22-23(11-20)28-10-9-27-22/h7-12,16-19H,13-15H2,1-6H3/t17-,18+,19?/m1/s1. The SMILES string of the molecule is CC(c1ccc2nccnc2c1)N1C[C@H](C)N(c2cc(=O)n(C)n3cc(CN(C)C)nc23)C[C@H]1C. The molecule has 0 radical (unpaired) electrons. The van der Waals surface area contributed by atoms with E-state index in [1.807, 2.05) is 24.8 Å². The van der Waals surface area contributed by atoms with Gasteiger partial charge in [-0.15, -0.1) is 0 Å². The van der Waals surface area contributed by atoms with Gasteiger partial charge in [0.25, 0.3) is 5.56 Å². The number of aryl methyl sites for hydroxylation is 1. The highest BCUT2D eigenvalue weighted by Crippen LogP contribution is 2.32. The summed E-state index contributed by atoms with van der Waals surface area (Å²) in [7, 11) is 5.84. The van der Waals surface area contributed by atoms with Crippen LogP contribution in [0.5, 0.6) is 0 Å². The summed E-state index contributed by atoms with van der Waals surface area (Å²) in [6.45, 7) is 9.18. The Morgan fingerprint density at radius 3 is 2.54 bits per heavy atom. The molecule has 0 amide bonds. The van der Waals surface area contributed by atoms with E-state index in [-0.39, 0.29) is 17.6 Å². The van der Waals surface area contributed by atoms with Gasteiger partial charge in [0.1, 0.15) is 0 Å². The third-order valence-corrected chi connectivity index (χ3v) is 7.16. The third-order valence-electron chi connectivity index (χ3n) is 7.16. The van der Waals surface area contributed by atoms with Crippen molar-refractivity contribution in [2.75, 3.05) is 32.1 Å². The van der Waals surface area contributed by atoms with Gasteiger partial charge in [-0.3, -0.25) is 19.7 Å². The summed E-state index contributed by atoms with van der Waals surface area (Å²) in [6.07, 6.45) is 5.44. The third kappa shape index (κ3) is 4.30. The van der Waals surface area contributed by atoms with Crippen molar-refractivity contribution < 1.29 is 0 Å². The number of hydrogen-bond donors (Lipinski definition) is 0. The molecule has 1 aliphatic rings. The van der Waals surface area contributed by atoms with Gasteiger partial charge in [0, 0.05) is 63.3 Å². The van der Waals surface area contributed by atoms with Crippen LogP contribution < -0.4 is 10.5 Å². The largest absolute Gasteiger partial charge is 0.363 e. The summed E-state index contributed by atoms with van der Waals surface area (Å²) in [5, 5.41) is 0. The number of nitrogens with zero attached hydrogens (tertiary/aromatic N) is 8. The monoisotopic (exact) mass is 474 g/mol. The zero-order valence-electron chi connectivity index (χ0n) is 21.4. The van der Waals surface area contributed by atoms with E-state index in [1.165, 1.54) is 5.56 Å². The number of benzene rings is 1. The molecule has 0 N–H and O–H groups in total. The maximum Gasteiger partial charge on any atom is 0.267 e. The highest BCUT2D eigenvalue weighted by molar-refractivity contribution is 5.74.